The standard InChI is InChI=1S/C13H19N5O/c1-2-6-14-13-16-11-10(8-15-18-11)12(17-13)19-7-5-9-3-4-9/h8-9H,2-7H2,1H3,(H2,14,15,16,17,18). The van der Waals surface area contributed by atoms with Gasteiger partial charge in [0, 0.05) is 6.54 Å². The highest BCUT2D eigenvalue weighted by atomic mass is 16.5. The van der Waals surface area contributed by atoms with Crippen molar-refractivity contribution in [2.24, 2.45) is 5.92 Å². The molecular weight excluding hydrogens is 242 g/mol. The molecule has 0 aromatic carbocycles. The first kappa shape index (κ1) is 12.2. The van der Waals surface area contributed by atoms with E-state index in [9.17, 15) is 0 Å². The number of nitrogens with one attached hydrogen (secondary N) is 2. The summed E-state index contributed by atoms with van der Waals surface area (Å²) in [5.74, 6) is 2.08. The van der Waals surface area contributed by atoms with Crippen LogP contribution in [0.25, 0.3) is 11.0 Å². The van der Waals surface area contributed by atoms with Crippen LogP contribution in [0.15, 0.2) is 6.20 Å². The van der Waals surface area contributed by atoms with E-state index >= 15 is 0 Å². The van der Waals surface area contributed by atoms with Gasteiger partial charge in [0.05, 0.1) is 12.8 Å². The molecule has 1 fully saturated rings. The molecule has 0 amide bonds. The highest BCUT2D eigenvalue weighted by molar-refractivity contribution is 5.80. The molecule has 2 aromatic heterocycles. The topological polar surface area (TPSA) is 75.7 Å². The number of rotatable bonds is 7. The number of aromatic nitrogens is 4. The fourth-order valence-electron chi connectivity index (χ4n) is 1.96. The Balaban J connectivity index is 1.75. The maximum absolute atomic E-state index is 5.80. The molecule has 2 heterocycles. The van der Waals surface area contributed by atoms with E-state index in [0.29, 0.717) is 11.8 Å². The molecule has 1 aliphatic rings. The first-order valence-electron chi connectivity index (χ1n) is 6.94. The third-order valence-corrected chi connectivity index (χ3v) is 3.27. The molecule has 1 aliphatic carbocycles. The van der Waals surface area contributed by atoms with Gasteiger partial charge in [-0.2, -0.15) is 15.1 Å². The van der Waals surface area contributed by atoms with Gasteiger partial charge in [-0.05, 0) is 18.8 Å². The van der Waals surface area contributed by atoms with Crippen molar-refractivity contribution in [1.29, 1.82) is 0 Å². The first-order chi connectivity index (χ1) is 9.36. The summed E-state index contributed by atoms with van der Waals surface area (Å²) in [5.41, 5.74) is 0.718. The third-order valence-electron chi connectivity index (χ3n) is 3.27. The van der Waals surface area contributed by atoms with Gasteiger partial charge >= 0.3 is 0 Å². The summed E-state index contributed by atoms with van der Waals surface area (Å²) in [4.78, 5) is 8.79. The van der Waals surface area contributed by atoms with Crippen LogP contribution < -0.4 is 10.1 Å². The van der Waals surface area contributed by atoms with Crippen LogP contribution in [-0.2, 0) is 0 Å². The van der Waals surface area contributed by atoms with E-state index in [0.717, 1.165) is 42.9 Å². The Kier molecular flexibility index (Phi) is 3.48. The van der Waals surface area contributed by atoms with Crippen molar-refractivity contribution in [2.45, 2.75) is 32.6 Å². The Bertz CT molecular complexity index is 549. The van der Waals surface area contributed by atoms with Gasteiger partial charge in [-0.3, -0.25) is 5.10 Å². The van der Waals surface area contributed by atoms with Gasteiger partial charge < -0.3 is 10.1 Å². The summed E-state index contributed by atoms with van der Waals surface area (Å²) in [7, 11) is 0. The van der Waals surface area contributed by atoms with E-state index in [2.05, 4.69) is 32.4 Å². The van der Waals surface area contributed by atoms with Crippen LogP contribution in [0.5, 0.6) is 5.88 Å². The van der Waals surface area contributed by atoms with Crippen LogP contribution in [0.2, 0.25) is 0 Å². The SMILES string of the molecule is CCCNc1nc(OCCC2CC2)c2cn[nH]c2n1. The quantitative estimate of drug-likeness (QED) is 0.800. The molecule has 6 nitrogen and oxygen atoms in total. The fourth-order valence-corrected chi connectivity index (χ4v) is 1.96. The predicted molar refractivity (Wildman–Crippen MR) is 73.3 cm³/mol. The Morgan fingerprint density at radius 2 is 2.32 bits per heavy atom. The van der Waals surface area contributed by atoms with Crippen LogP contribution in [0.1, 0.15) is 32.6 Å². The monoisotopic (exact) mass is 261 g/mol. The Morgan fingerprint density at radius 1 is 1.42 bits per heavy atom. The van der Waals surface area contributed by atoms with Gasteiger partial charge in [0.1, 0.15) is 5.39 Å². The average Bonchev–Trinajstić information content (AvgIpc) is 3.12. The molecule has 0 radical (unpaired) electrons. The zero-order valence-corrected chi connectivity index (χ0v) is 11.1. The van der Waals surface area contributed by atoms with Crippen molar-refractivity contribution >= 4 is 17.0 Å². The molecule has 102 valence electrons. The first-order valence-corrected chi connectivity index (χ1v) is 6.94. The van der Waals surface area contributed by atoms with Crippen molar-refractivity contribution in [3.8, 4) is 5.88 Å². The van der Waals surface area contributed by atoms with E-state index in [1.807, 2.05) is 0 Å². The van der Waals surface area contributed by atoms with Crippen LogP contribution in [0, 0.1) is 5.92 Å². The number of ether oxygens (including phenoxy) is 1. The minimum absolute atomic E-state index is 0.597. The van der Waals surface area contributed by atoms with Crippen LogP contribution in [0.3, 0.4) is 0 Å². The Morgan fingerprint density at radius 3 is 3.11 bits per heavy atom. The van der Waals surface area contributed by atoms with Crippen molar-refractivity contribution < 1.29 is 4.74 Å². The van der Waals surface area contributed by atoms with E-state index in [4.69, 9.17) is 4.74 Å². The number of hydrogen-bond donors (Lipinski definition) is 2. The van der Waals surface area contributed by atoms with Crippen molar-refractivity contribution in [3.63, 3.8) is 0 Å². The lowest BCUT2D eigenvalue weighted by Gasteiger charge is -2.08. The molecule has 6 heteroatoms. The summed E-state index contributed by atoms with van der Waals surface area (Å²) in [5, 5.41) is 10.9. The lowest BCUT2D eigenvalue weighted by molar-refractivity contribution is 0.295. The normalized spacial score (nSPS) is 14.8. The maximum Gasteiger partial charge on any atom is 0.229 e. The van der Waals surface area contributed by atoms with E-state index in [-0.39, 0.29) is 0 Å². The highest BCUT2D eigenvalue weighted by Gasteiger charge is 2.21. The molecule has 0 unspecified atom stereocenters. The second-order valence-electron chi connectivity index (χ2n) is 4.99. The summed E-state index contributed by atoms with van der Waals surface area (Å²) < 4.78 is 5.80. The zero-order valence-electron chi connectivity index (χ0n) is 11.1. The summed E-state index contributed by atoms with van der Waals surface area (Å²) in [6, 6.07) is 0. The molecule has 0 aliphatic heterocycles. The van der Waals surface area contributed by atoms with E-state index in [1.165, 1.54) is 12.8 Å². The number of fused-ring (bicyclic) bond motifs is 1. The van der Waals surface area contributed by atoms with Gasteiger partial charge in [0.15, 0.2) is 5.65 Å². The van der Waals surface area contributed by atoms with Gasteiger partial charge in [0.2, 0.25) is 11.8 Å². The molecule has 0 bridgehead atoms. The molecule has 3 rings (SSSR count). The Hall–Kier alpha value is -1.85. The van der Waals surface area contributed by atoms with Crippen molar-refractivity contribution in [2.75, 3.05) is 18.5 Å². The zero-order chi connectivity index (χ0) is 13.1. The third kappa shape index (κ3) is 2.94. The van der Waals surface area contributed by atoms with E-state index in [1.54, 1.807) is 6.20 Å². The molecule has 0 saturated heterocycles. The summed E-state index contributed by atoms with van der Waals surface area (Å²) in [6.07, 6.45) is 6.55. The maximum atomic E-state index is 5.80. The molecular formula is C13H19N5O. The van der Waals surface area contributed by atoms with Gasteiger partial charge in [-0.25, -0.2) is 0 Å². The number of nitrogens with zero attached hydrogens (tertiary/aromatic N) is 3. The van der Waals surface area contributed by atoms with Crippen LogP contribution >= 0.6 is 0 Å². The average molecular weight is 261 g/mol. The fraction of sp³-hybridized carbons (Fsp3) is 0.615. The molecule has 2 N–H and O–H groups in total. The summed E-state index contributed by atoms with van der Waals surface area (Å²) in [6.45, 7) is 3.67. The number of anilines is 1. The lowest BCUT2D eigenvalue weighted by atomic mass is 10.3. The molecule has 19 heavy (non-hydrogen) atoms. The number of hydrogen-bond acceptors (Lipinski definition) is 5. The molecule has 2 aromatic rings. The predicted octanol–water partition coefficient (Wildman–Crippen LogP) is 2.35. The van der Waals surface area contributed by atoms with Gasteiger partial charge in [0.25, 0.3) is 0 Å². The smallest absolute Gasteiger partial charge is 0.229 e. The van der Waals surface area contributed by atoms with Gasteiger partial charge in [-0.1, -0.05) is 19.8 Å². The summed E-state index contributed by atoms with van der Waals surface area (Å²) >= 11 is 0. The van der Waals surface area contributed by atoms with Crippen molar-refractivity contribution in [1.82, 2.24) is 20.2 Å². The number of H-pyrrole nitrogens is 1. The molecule has 0 atom stereocenters. The lowest BCUT2D eigenvalue weighted by Crippen LogP contribution is -2.07. The minimum atomic E-state index is 0.597. The highest BCUT2D eigenvalue weighted by Crippen LogP contribution is 2.32. The second-order valence-corrected chi connectivity index (χ2v) is 4.99. The largest absolute Gasteiger partial charge is 0.477 e. The molecule has 0 spiro atoms. The van der Waals surface area contributed by atoms with E-state index < -0.39 is 0 Å². The molecule has 1 saturated carbocycles. The number of aromatic amines is 1. The van der Waals surface area contributed by atoms with Crippen LogP contribution in [-0.4, -0.2) is 33.3 Å². The van der Waals surface area contributed by atoms with Crippen LogP contribution in [0.4, 0.5) is 5.95 Å². The Labute approximate surface area is 112 Å². The second kappa shape index (κ2) is 5.42. The van der Waals surface area contributed by atoms with Gasteiger partial charge in [-0.15, -0.1) is 0 Å². The van der Waals surface area contributed by atoms with Crippen molar-refractivity contribution in [3.05, 3.63) is 6.20 Å². The minimum Gasteiger partial charge on any atom is -0.477 e.